The molecule has 0 N–H and O–H groups in total. The Morgan fingerprint density at radius 1 is 1.11 bits per heavy atom. The summed E-state index contributed by atoms with van der Waals surface area (Å²) in [5.41, 5.74) is 0.867. The fourth-order valence-corrected chi connectivity index (χ4v) is 5.20. The van der Waals surface area contributed by atoms with Crippen LogP contribution in [0.25, 0.3) is 22.2 Å². The third-order valence-corrected chi connectivity index (χ3v) is 7.30. The number of halogens is 2. The molecule has 11 heteroatoms. The van der Waals surface area contributed by atoms with Crippen LogP contribution in [0.4, 0.5) is 10.2 Å². The van der Waals surface area contributed by atoms with Crippen LogP contribution in [-0.4, -0.2) is 43.9 Å². The molecular weight excluding hydrogens is 487 g/mol. The fourth-order valence-electron chi connectivity index (χ4n) is 5.04. The number of ether oxygens (including phenoxy) is 1. The SMILES string of the molecule is O=c1c2cc(N3CC[C@@H](Oc4nnc(C5CC5)o4)C3)nc(-c3ccc(Cl)cc3F)c2nc2n1CCC2. The lowest BCUT2D eigenvalue weighted by Gasteiger charge is -2.20. The van der Waals surface area contributed by atoms with Gasteiger partial charge in [0.25, 0.3) is 5.56 Å². The van der Waals surface area contributed by atoms with E-state index in [-0.39, 0.29) is 28.3 Å². The first-order chi connectivity index (χ1) is 17.5. The predicted molar refractivity (Wildman–Crippen MR) is 130 cm³/mol. The number of fused-ring (bicyclic) bond motifs is 2. The molecule has 1 aliphatic carbocycles. The number of rotatable bonds is 5. The molecule has 184 valence electrons. The number of hydrogen-bond donors (Lipinski definition) is 0. The van der Waals surface area contributed by atoms with Gasteiger partial charge in [0.2, 0.25) is 5.89 Å². The van der Waals surface area contributed by atoms with E-state index in [0.717, 1.165) is 19.3 Å². The van der Waals surface area contributed by atoms with Crippen LogP contribution in [0, 0.1) is 5.82 Å². The van der Waals surface area contributed by atoms with E-state index in [4.69, 9.17) is 30.7 Å². The van der Waals surface area contributed by atoms with Gasteiger partial charge in [-0.15, -0.1) is 5.10 Å². The summed E-state index contributed by atoms with van der Waals surface area (Å²) in [6, 6.07) is 6.20. The zero-order valence-corrected chi connectivity index (χ0v) is 20.0. The number of aryl methyl sites for hydroxylation is 1. The van der Waals surface area contributed by atoms with Crippen LogP contribution in [-0.2, 0) is 13.0 Å². The molecule has 3 aliphatic rings. The van der Waals surface area contributed by atoms with E-state index in [9.17, 15) is 4.79 Å². The monoisotopic (exact) mass is 508 g/mol. The maximum absolute atomic E-state index is 15.0. The topological polar surface area (TPSA) is 99.2 Å². The summed E-state index contributed by atoms with van der Waals surface area (Å²) in [7, 11) is 0. The summed E-state index contributed by atoms with van der Waals surface area (Å²) >= 11 is 6.00. The van der Waals surface area contributed by atoms with Crippen LogP contribution in [0.5, 0.6) is 6.08 Å². The summed E-state index contributed by atoms with van der Waals surface area (Å²) in [4.78, 5) is 25.0. The molecule has 3 aromatic heterocycles. The molecule has 4 aromatic rings. The number of nitrogens with zero attached hydrogens (tertiary/aromatic N) is 6. The number of anilines is 1. The smallest absolute Gasteiger partial charge is 0.414 e. The molecule has 1 aromatic carbocycles. The lowest BCUT2D eigenvalue weighted by molar-refractivity contribution is 0.160. The number of pyridine rings is 1. The Morgan fingerprint density at radius 2 is 2.00 bits per heavy atom. The van der Waals surface area contributed by atoms with Crippen LogP contribution in [0.1, 0.15) is 43.3 Å². The highest BCUT2D eigenvalue weighted by molar-refractivity contribution is 6.30. The third kappa shape index (κ3) is 3.71. The van der Waals surface area contributed by atoms with Crippen LogP contribution in [0.3, 0.4) is 0 Å². The van der Waals surface area contributed by atoms with E-state index in [1.165, 1.54) is 6.07 Å². The van der Waals surface area contributed by atoms with E-state index < -0.39 is 5.82 Å². The fraction of sp³-hybridized carbons (Fsp3) is 0.400. The van der Waals surface area contributed by atoms with Gasteiger partial charge < -0.3 is 14.1 Å². The van der Waals surface area contributed by atoms with Crippen molar-refractivity contribution in [2.45, 2.75) is 50.7 Å². The van der Waals surface area contributed by atoms with Crippen molar-refractivity contribution in [2.24, 2.45) is 0 Å². The predicted octanol–water partition coefficient (Wildman–Crippen LogP) is 4.12. The van der Waals surface area contributed by atoms with Gasteiger partial charge >= 0.3 is 6.08 Å². The largest absolute Gasteiger partial charge is 0.444 e. The summed E-state index contributed by atoms with van der Waals surface area (Å²) in [6.45, 7) is 1.79. The normalized spacial score (nSPS) is 19.3. The minimum Gasteiger partial charge on any atom is -0.444 e. The van der Waals surface area contributed by atoms with Crippen molar-refractivity contribution in [3.05, 3.63) is 57.2 Å². The maximum Gasteiger partial charge on any atom is 0.414 e. The maximum atomic E-state index is 15.0. The summed E-state index contributed by atoms with van der Waals surface area (Å²) in [5.74, 6) is 1.75. The van der Waals surface area contributed by atoms with Crippen molar-refractivity contribution in [1.82, 2.24) is 24.7 Å². The molecule has 7 rings (SSSR count). The average molecular weight is 509 g/mol. The second-order valence-corrected chi connectivity index (χ2v) is 10.0. The summed E-state index contributed by atoms with van der Waals surface area (Å²) in [5, 5.41) is 8.80. The molecule has 1 atom stereocenters. The Hall–Kier alpha value is -3.53. The van der Waals surface area contributed by atoms with Gasteiger partial charge in [0.05, 0.1) is 11.9 Å². The van der Waals surface area contributed by atoms with Crippen LogP contribution in [0.15, 0.2) is 33.5 Å². The first kappa shape index (κ1) is 21.7. The van der Waals surface area contributed by atoms with Gasteiger partial charge in [-0.2, -0.15) is 0 Å². The molecule has 0 amide bonds. The minimum absolute atomic E-state index is 0.128. The highest BCUT2D eigenvalue weighted by Crippen LogP contribution is 2.40. The van der Waals surface area contributed by atoms with Crippen molar-refractivity contribution in [3.63, 3.8) is 0 Å². The summed E-state index contributed by atoms with van der Waals surface area (Å²) in [6.07, 6.45) is 4.42. The molecule has 1 saturated heterocycles. The molecular formula is C25H22ClFN6O3. The first-order valence-corrected chi connectivity index (χ1v) is 12.6. The highest BCUT2D eigenvalue weighted by atomic mass is 35.5. The van der Waals surface area contributed by atoms with Crippen LogP contribution >= 0.6 is 11.6 Å². The third-order valence-electron chi connectivity index (χ3n) is 7.06. The average Bonchev–Trinajstić information content (AvgIpc) is 3.22. The van der Waals surface area contributed by atoms with Gasteiger partial charge in [0.15, 0.2) is 0 Å². The molecule has 36 heavy (non-hydrogen) atoms. The van der Waals surface area contributed by atoms with Gasteiger partial charge in [-0.05, 0) is 43.5 Å². The Bertz CT molecular complexity index is 1570. The van der Waals surface area contributed by atoms with Gasteiger partial charge in [0, 0.05) is 42.4 Å². The van der Waals surface area contributed by atoms with E-state index in [0.29, 0.717) is 72.5 Å². The van der Waals surface area contributed by atoms with Crippen molar-refractivity contribution in [1.29, 1.82) is 0 Å². The van der Waals surface area contributed by atoms with Crippen molar-refractivity contribution < 1.29 is 13.5 Å². The van der Waals surface area contributed by atoms with Gasteiger partial charge in [-0.25, -0.2) is 14.4 Å². The Morgan fingerprint density at radius 3 is 2.83 bits per heavy atom. The van der Waals surface area contributed by atoms with E-state index >= 15 is 4.39 Å². The molecule has 5 heterocycles. The zero-order chi connectivity index (χ0) is 24.4. The molecule has 0 radical (unpaired) electrons. The second-order valence-electron chi connectivity index (χ2n) is 9.59. The van der Waals surface area contributed by atoms with Gasteiger partial charge in [-0.3, -0.25) is 9.36 Å². The lowest BCUT2D eigenvalue weighted by atomic mass is 10.1. The lowest BCUT2D eigenvalue weighted by Crippen LogP contribution is -2.26. The number of benzene rings is 1. The highest BCUT2D eigenvalue weighted by Gasteiger charge is 2.32. The zero-order valence-electron chi connectivity index (χ0n) is 19.3. The van der Waals surface area contributed by atoms with Crippen molar-refractivity contribution in [2.75, 3.05) is 18.0 Å². The molecule has 0 unspecified atom stereocenters. The van der Waals surface area contributed by atoms with Gasteiger partial charge in [-0.1, -0.05) is 16.7 Å². The van der Waals surface area contributed by atoms with Crippen molar-refractivity contribution >= 4 is 28.3 Å². The quantitative estimate of drug-likeness (QED) is 0.397. The minimum atomic E-state index is -0.513. The summed E-state index contributed by atoms with van der Waals surface area (Å²) < 4.78 is 28.3. The standard InChI is InChI=1S/C25H22ClFN6O3/c26-14-5-6-16(18(27)10-14)21-22-17(24(34)33-8-1-2-19(33)28-22)11-20(29-21)32-9-7-15(12-32)35-25-31-30-23(36-25)13-3-4-13/h5-6,10-11,13,15H,1-4,7-9,12H2/t15-/m1/s1. The Balaban J connectivity index is 1.26. The Labute approximate surface area is 209 Å². The second kappa shape index (κ2) is 8.26. The molecule has 9 nitrogen and oxygen atoms in total. The van der Waals surface area contributed by atoms with Crippen molar-refractivity contribution in [3.8, 4) is 17.3 Å². The van der Waals surface area contributed by atoms with E-state index in [1.807, 2.05) is 4.90 Å². The first-order valence-electron chi connectivity index (χ1n) is 12.2. The molecule has 2 aliphatic heterocycles. The van der Waals surface area contributed by atoms with E-state index in [2.05, 4.69) is 10.2 Å². The molecule has 2 fully saturated rings. The molecule has 0 spiro atoms. The van der Waals surface area contributed by atoms with Crippen LogP contribution in [0.2, 0.25) is 5.02 Å². The Kier molecular flexibility index (Phi) is 4.99. The number of hydrogen-bond acceptors (Lipinski definition) is 8. The number of aromatic nitrogens is 5. The van der Waals surface area contributed by atoms with Gasteiger partial charge in [0.1, 0.15) is 34.8 Å². The van der Waals surface area contributed by atoms with E-state index in [1.54, 1.807) is 22.8 Å². The molecule has 0 bridgehead atoms. The van der Waals surface area contributed by atoms with Crippen LogP contribution < -0.4 is 15.2 Å². The molecule has 1 saturated carbocycles.